The van der Waals surface area contributed by atoms with E-state index < -0.39 is 63.8 Å². The van der Waals surface area contributed by atoms with E-state index in [2.05, 4.69) is 0 Å². The average Bonchev–Trinajstić information content (AvgIpc) is 2.95. The Hall–Kier alpha value is -2.44. The minimum Gasteiger partial charge on any atom is -0.743 e. The lowest BCUT2D eigenvalue weighted by Gasteiger charge is -2.49. The van der Waals surface area contributed by atoms with Crippen molar-refractivity contribution >= 4 is 67.2 Å². The first kappa shape index (κ1) is 31.0. The highest BCUT2D eigenvalue weighted by atomic mass is 127. The van der Waals surface area contributed by atoms with Crippen LogP contribution in [0, 0.1) is 19.0 Å². The zero-order valence-corrected chi connectivity index (χ0v) is 26.3. The van der Waals surface area contributed by atoms with Gasteiger partial charge in [-0.15, -0.1) is 0 Å². The Kier molecular flexibility index (Phi) is 8.54. The maximum Gasteiger partial charge on any atom is 0.368 e. The summed E-state index contributed by atoms with van der Waals surface area (Å²) in [6, 6.07) is 17.6. The van der Waals surface area contributed by atoms with Gasteiger partial charge in [0, 0.05) is 21.3 Å². The molecule has 3 aliphatic rings. The fourth-order valence-corrected chi connectivity index (χ4v) is 8.01. The Morgan fingerprint density at radius 3 is 2.00 bits per heavy atom. The van der Waals surface area contributed by atoms with Gasteiger partial charge in [-0.25, -0.2) is 17.6 Å². The molecule has 0 aliphatic heterocycles. The second kappa shape index (κ2) is 11.6. The van der Waals surface area contributed by atoms with Gasteiger partial charge in [0.05, 0.1) is 16.1 Å². The number of aromatic hydroxyl groups is 1. The lowest BCUT2D eigenvalue weighted by molar-refractivity contribution is -0.158. The smallest absolute Gasteiger partial charge is 0.368 e. The van der Waals surface area contributed by atoms with E-state index in [1.165, 1.54) is 6.07 Å². The largest absolute Gasteiger partial charge is 0.743 e. The van der Waals surface area contributed by atoms with Crippen molar-refractivity contribution in [2.45, 2.75) is 23.3 Å². The third kappa shape index (κ3) is 5.38. The maximum absolute atomic E-state index is 14.2. The van der Waals surface area contributed by atoms with Gasteiger partial charge >= 0.3 is 17.2 Å². The van der Waals surface area contributed by atoms with Gasteiger partial charge in [-0.1, -0.05) is 48.5 Å². The highest BCUT2D eigenvalue weighted by Crippen LogP contribution is 2.58. The molecule has 0 heterocycles. The van der Waals surface area contributed by atoms with Crippen molar-refractivity contribution in [1.29, 1.82) is 0 Å². The molecule has 222 valence electrons. The molecule has 3 unspecified atom stereocenters. The minimum atomic E-state index is -6.36. The molecule has 0 saturated heterocycles. The van der Waals surface area contributed by atoms with Crippen LogP contribution < -0.4 is 0 Å². The molecule has 8 nitrogen and oxygen atoms in total. The molecule has 2 bridgehead atoms. The summed E-state index contributed by atoms with van der Waals surface area (Å²) in [4.78, 5) is 26.6. The summed E-state index contributed by atoms with van der Waals surface area (Å²) < 4.78 is 85.9. The number of alkyl halides is 3. The second-order valence-electron chi connectivity index (χ2n) is 9.90. The van der Waals surface area contributed by atoms with Crippen LogP contribution in [0.5, 0.6) is 5.75 Å². The number of rotatable bonds is 8. The first-order valence-corrected chi connectivity index (χ1v) is 16.0. The number of ether oxygens (including phenoxy) is 2. The van der Waals surface area contributed by atoms with Crippen LogP contribution >= 0.6 is 45.2 Å². The molecule has 3 aliphatic carbocycles. The zero-order valence-electron chi connectivity index (χ0n) is 21.2. The number of fused-ring (bicyclic) bond motifs is 1. The molecule has 42 heavy (non-hydrogen) atoms. The third-order valence-corrected chi connectivity index (χ3v) is 9.95. The molecule has 1 N–H and O–H groups in total. The number of halogens is 5. The van der Waals surface area contributed by atoms with Crippen LogP contribution in [0.25, 0.3) is 0 Å². The number of carbonyl (C=O) groups is 2. The van der Waals surface area contributed by atoms with E-state index in [-0.39, 0.29) is 17.9 Å². The highest BCUT2D eigenvalue weighted by molar-refractivity contribution is 14.1. The highest BCUT2D eigenvalue weighted by Gasteiger charge is 2.54. The lowest BCUT2D eigenvalue weighted by Crippen LogP contribution is -2.47. The van der Waals surface area contributed by atoms with E-state index in [0.717, 1.165) is 22.3 Å². The molecule has 0 saturated carbocycles. The van der Waals surface area contributed by atoms with Gasteiger partial charge in [-0.05, 0) is 79.6 Å². The number of phenols is 1. The molecule has 0 fully saturated rings. The molecule has 6 rings (SSSR count). The standard InChI is InChI=1S/C28H21F3I2O8S/c29-21(28(30,31)42(37,38)39)12-41-27(36)24-19(11-40-26(35)18-9-13(32)10-20(33)25(18)34)22-14-5-1-3-7-16(14)23(24)17-8-4-2-6-15(17)22/h1-10,19,21-24,34H,11-12H2,(H,37,38,39)/p-1. The van der Waals surface area contributed by atoms with Crippen molar-refractivity contribution in [3.05, 3.63) is 95.6 Å². The summed E-state index contributed by atoms with van der Waals surface area (Å²) in [5.41, 5.74) is 3.11. The number of carbonyl (C=O) groups excluding carboxylic acids is 2. The predicted octanol–water partition coefficient (Wildman–Crippen LogP) is 5.30. The van der Waals surface area contributed by atoms with E-state index in [1.54, 1.807) is 30.3 Å². The maximum atomic E-state index is 14.2. The first-order chi connectivity index (χ1) is 19.7. The summed E-state index contributed by atoms with van der Waals surface area (Å²) in [6.45, 7) is -2.03. The van der Waals surface area contributed by atoms with Crippen molar-refractivity contribution in [2.24, 2.45) is 11.8 Å². The molecule has 0 aromatic heterocycles. The minimum absolute atomic E-state index is 0.0893. The number of phenolic OH excluding ortho intramolecular Hbond substituents is 1. The topological polar surface area (TPSA) is 130 Å². The third-order valence-electron chi connectivity index (χ3n) is 7.58. The Morgan fingerprint density at radius 1 is 0.952 bits per heavy atom. The van der Waals surface area contributed by atoms with Crippen LogP contribution in [0.15, 0.2) is 60.7 Å². The van der Waals surface area contributed by atoms with Crippen LogP contribution in [0.1, 0.15) is 44.4 Å². The van der Waals surface area contributed by atoms with Gasteiger partial charge < -0.3 is 19.1 Å². The van der Waals surface area contributed by atoms with Crippen LogP contribution in [0.4, 0.5) is 13.2 Å². The van der Waals surface area contributed by atoms with E-state index >= 15 is 0 Å². The fraction of sp³-hybridized carbons (Fsp3) is 0.286. The molecule has 3 atom stereocenters. The summed E-state index contributed by atoms with van der Waals surface area (Å²) in [5.74, 6) is -5.41. The number of esters is 2. The van der Waals surface area contributed by atoms with E-state index in [0.29, 0.717) is 7.14 Å². The van der Waals surface area contributed by atoms with Gasteiger partial charge in [0.1, 0.15) is 17.9 Å². The lowest BCUT2D eigenvalue weighted by atomic mass is 9.54. The summed E-state index contributed by atoms with van der Waals surface area (Å²) in [7, 11) is -6.36. The number of hydrogen-bond donors (Lipinski definition) is 1. The van der Waals surface area contributed by atoms with Gasteiger partial charge in [-0.3, -0.25) is 4.79 Å². The molecule has 0 radical (unpaired) electrons. The second-order valence-corrected chi connectivity index (χ2v) is 13.8. The van der Waals surface area contributed by atoms with Crippen molar-refractivity contribution in [3.63, 3.8) is 0 Å². The van der Waals surface area contributed by atoms with Crippen molar-refractivity contribution < 1.29 is 50.3 Å². The van der Waals surface area contributed by atoms with Gasteiger partial charge in [0.25, 0.3) is 0 Å². The van der Waals surface area contributed by atoms with Gasteiger partial charge in [0.2, 0.25) is 6.17 Å². The zero-order chi connectivity index (χ0) is 30.6. The van der Waals surface area contributed by atoms with E-state index in [9.17, 15) is 40.8 Å². The Morgan fingerprint density at radius 2 is 1.48 bits per heavy atom. The van der Waals surface area contributed by atoms with Gasteiger partial charge in [-0.2, -0.15) is 8.78 Å². The van der Waals surface area contributed by atoms with Crippen molar-refractivity contribution in [2.75, 3.05) is 13.2 Å². The summed E-state index contributed by atoms with van der Waals surface area (Å²) in [5, 5.41) is 5.13. The molecule has 14 heteroatoms. The predicted molar refractivity (Wildman–Crippen MR) is 158 cm³/mol. The number of benzene rings is 3. The van der Waals surface area contributed by atoms with Crippen LogP contribution in [0.2, 0.25) is 0 Å². The Labute approximate surface area is 265 Å². The van der Waals surface area contributed by atoms with Crippen LogP contribution in [-0.2, 0) is 24.4 Å². The van der Waals surface area contributed by atoms with Crippen LogP contribution in [-0.4, -0.2) is 54.7 Å². The Balaban J connectivity index is 1.50. The molecule has 0 spiro atoms. The Bertz CT molecular complexity index is 1640. The summed E-state index contributed by atoms with van der Waals surface area (Å²) >= 11 is 3.85. The fourth-order valence-electron chi connectivity index (χ4n) is 5.78. The molecule has 0 amide bonds. The molecular weight excluding hydrogens is 807 g/mol. The van der Waals surface area contributed by atoms with Crippen LogP contribution in [0.3, 0.4) is 0 Å². The van der Waals surface area contributed by atoms with Crippen molar-refractivity contribution in [1.82, 2.24) is 0 Å². The normalized spacial score (nSPS) is 21.7. The monoisotopic (exact) mass is 827 g/mol. The molecule has 3 aromatic rings. The van der Waals surface area contributed by atoms with E-state index in [1.807, 2.05) is 69.4 Å². The molecular formula is C28H20F3I2O8S-. The van der Waals surface area contributed by atoms with E-state index in [4.69, 9.17) is 9.47 Å². The van der Waals surface area contributed by atoms with Crippen molar-refractivity contribution in [3.8, 4) is 5.75 Å². The number of hydrogen-bond acceptors (Lipinski definition) is 8. The quantitative estimate of drug-likeness (QED) is 0.184. The van der Waals surface area contributed by atoms with Gasteiger partial charge in [0.15, 0.2) is 10.1 Å². The molecule has 3 aromatic carbocycles. The summed E-state index contributed by atoms with van der Waals surface area (Å²) in [6.07, 6.45) is -3.59. The first-order valence-electron chi connectivity index (χ1n) is 12.4. The average molecular weight is 827 g/mol. The SMILES string of the molecule is O=C(OCC1C2c3ccccc3C(c3ccccc32)C1C(=O)OCC(F)C(F)(F)S(=O)(=O)[O-])c1cc(I)cc(I)c1O.